The average molecular weight is 225 g/mol. The highest BCUT2D eigenvalue weighted by molar-refractivity contribution is 7.90. The Morgan fingerprint density at radius 2 is 2.27 bits per heavy atom. The first kappa shape index (κ1) is 9.82. The van der Waals surface area contributed by atoms with Crippen LogP contribution in [0.15, 0.2) is 27.6 Å². The van der Waals surface area contributed by atoms with E-state index in [0.29, 0.717) is 18.8 Å². The van der Waals surface area contributed by atoms with Gasteiger partial charge in [0.25, 0.3) is 10.0 Å². The molecule has 0 spiro atoms. The van der Waals surface area contributed by atoms with Crippen LogP contribution < -0.4 is 4.74 Å². The lowest BCUT2D eigenvalue weighted by Gasteiger charge is -2.00. The zero-order valence-electron chi connectivity index (χ0n) is 7.62. The molecule has 78 valence electrons. The number of fused-ring (bicyclic) bond motifs is 1. The molecule has 0 atom stereocenters. The van der Waals surface area contributed by atoms with Crippen LogP contribution in [-0.2, 0) is 16.4 Å². The first-order valence-corrected chi connectivity index (χ1v) is 5.64. The number of ether oxygens (including phenoxy) is 1. The van der Waals surface area contributed by atoms with Gasteiger partial charge < -0.3 is 4.74 Å². The van der Waals surface area contributed by atoms with Crippen LogP contribution in [-0.4, -0.2) is 15.0 Å². The van der Waals surface area contributed by atoms with E-state index in [9.17, 15) is 8.42 Å². The highest BCUT2D eigenvalue weighted by Gasteiger charge is 2.17. The molecule has 1 aliphatic heterocycles. The largest absolute Gasteiger partial charge is 0.493 e. The van der Waals surface area contributed by atoms with Crippen molar-refractivity contribution in [2.24, 2.45) is 4.52 Å². The molecule has 0 saturated carbocycles. The van der Waals surface area contributed by atoms with Crippen LogP contribution in [0.25, 0.3) is 10.4 Å². The summed E-state index contributed by atoms with van der Waals surface area (Å²) in [5, 5.41) is 0. The Kier molecular flexibility index (Phi) is 2.26. The lowest BCUT2D eigenvalue weighted by molar-refractivity contribution is 0.356. The number of nitrogens with zero attached hydrogens (tertiary/aromatic N) is 3. The maximum Gasteiger partial charge on any atom is 0.264 e. The molecule has 1 aliphatic rings. The molecule has 0 aromatic heterocycles. The Hall–Kier alpha value is -1.72. The molecular weight excluding hydrogens is 218 g/mol. The van der Waals surface area contributed by atoms with E-state index in [-0.39, 0.29) is 4.90 Å². The maximum absolute atomic E-state index is 11.4. The Balaban J connectivity index is 2.52. The van der Waals surface area contributed by atoms with E-state index < -0.39 is 10.0 Å². The van der Waals surface area contributed by atoms with Crippen LogP contribution in [0, 0.1) is 0 Å². The first-order chi connectivity index (χ1) is 7.13. The van der Waals surface area contributed by atoms with E-state index in [1.54, 1.807) is 6.07 Å². The monoisotopic (exact) mass is 225 g/mol. The van der Waals surface area contributed by atoms with E-state index in [4.69, 9.17) is 10.3 Å². The second-order valence-corrected chi connectivity index (χ2v) is 4.60. The zero-order chi connectivity index (χ0) is 10.9. The molecule has 0 radical (unpaired) electrons. The molecule has 7 heteroatoms. The van der Waals surface area contributed by atoms with Gasteiger partial charge in [-0.1, -0.05) is 0 Å². The average Bonchev–Trinajstić information content (AvgIpc) is 2.63. The van der Waals surface area contributed by atoms with E-state index in [1.807, 2.05) is 0 Å². The minimum atomic E-state index is -3.88. The summed E-state index contributed by atoms with van der Waals surface area (Å²) in [6, 6.07) is 4.42. The number of azide groups is 1. The molecular formula is C8H7N3O3S. The summed E-state index contributed by atoms with van der Waals surface area (Å²) in [4.78, 5) is 2.29. The van der Waals surface area contributed by atoms with E-state index in [1.165, 1.54) is 12.1 Å². The van der Waals surface area contributed by atoms with Crippen LogP contribution in [0.5, 0.6) is 5.75 Å². The summed E-state index contributed by atoms with van der Waals surface area (Å²) < 4.78 is 30.7. The second-order valence-electron chi connectivity index (χ2n) is 3.01. The maximum atomic E-state index is 11.4. The molecule has 0 unspecified atom stereocenters. The first-order valence-electron chi connectivity index (χ1n) is 4.20. The number of hydrogen-bond donors (Lipinski definition) is 0. The lowest BCUT2D eigenvalue weighted by atomic mass is 10.2. The van der Waals surface area contributed by atoms with Gasteiger partial charge in [-0.05, 0) is 29.3 Å². The zero-order valence-corrected chi connectivity index (χ0v) is 8.44. The quantitative estimate of drug-likeness (QED) is 0.435. The molecule has 0 aliphatic carbocycles. The van der Waals surface area contributed by atoms with E-state index in [2.05, 4.69) is 9.43 Å². The van der Waals surface area contributed by atoms with Gasteiger partial charge in [0.15, 0.2) is 0 Å². The molecule has 0 fully saturated rings. The number of sulfonamides is 1. The van der Waals surface area contributed by atoms with Crippen molar-refractivity contribution in [2.45, 2.75) is 11.3 Å². The number of rotatable bonds is 2. The molecule has 1 aromatic carbocycles. The molecule has 15 heavy (non-hydrogen) atoms. The Morgan fingerprint density at radius 1 is 1.47 bits per heavy atom. The number of hydrogen-bond acceptors (Lipinski definition) is 3. The summed E-state index contributed by atoms with van der Waals surface area (Å²) in [6.45, 7) is 0.556. The third-order valence-electron chi connectivity index (χ3n) is 2.10. The summed E-state index contributed by atoms with van der Waals surface area (Å²) >= 11 is 0. The third-order valence-corrected chi connectivity index (χ3v) is 3.24. The summed E-state index contributed by atoms with van der Waals surface area (Å²) in [6.07, 6.45) is 0.676. The fourth-order valence-electron chi connectivity index (χ4n) is 1.42. The molecule has 0 amide bonds. The minimum absolute atomic E-state index is 0.00421. The standard InChI is InChI=1S/C8H7N3O3S/c9-10-11-15(12,13)7-1-2-8-6(5-7)3-4-14-8/h1-2,5H,3-4H2. The van der Waals surface area contributed by atoms with Gasteiger partial charge in [0.1, 0.15) is 5.75 Å². The van der Waals surface area contributed by atoms with Crippen LogP contribution >= 0.6 is 0 Å². The summed E-state index contributed by atoms with van der Waals surface area (Å²) in [7, 11) is -3.88. The van der Waals surface area contributed by atoms with Crippen molar-refractivity contribution >= 4 is 10.0 Å². The summed E-state index contributed by atoms with van der Waals surface area (Å²) in [5.41, 5.74) is 8.93. The fourth-order valence-corrected chi connectivity index (χ4v) is 2.14. The molecule has 0 bridgehead atoms. The minimum Gasteiger partial charge on any atom is -0.493 e. The van der Waals surface area contributed by atoms with Crippen molar-refractivity contribution in [3.05, 3.63) is 34.2 Å². The van der Waals surface area contributed by atoms with Gasteiger partial charge in [0.05, 0.1) is 11.5 Å². The smallest absolute Gasteiger partial charge is 0.264 e. The van der Waals surface area contributed by atoms with Gasteiger partial charge in [-0.3, -0.25) is 0 Å². The molecule has 6 nitrogen and oxygen atoms in total. The lowest BCUT2D eigenvalue weighted by Crippen LogP contribution is -1.95. The highest BCUT2D eigenvalue weighted by atomic mass is 32.2. The van der Waals surface area contributed by atoms with Gasteiger partial charge in [-0.2, -0.15) is 0 Å². The normalized spacial score (nSPS) is 13.9. The summed E-state index contributed by atoms with van der Waals surface area (Å²) in [5.74, 6) is 0.690. The highest BCUT2D eigenvalue weighted by Crippen LogP contribution is 2.28. The van der Waals surface area contributed by atoms with Crippen LogP contribution in [0.4, 0.5) is 0 Å². The van der Waals surface area contributed by atoms with Crippen LogP contribution in [0.2, 0.25) is 0 Å². The predicted molar refractivity (Wildman–Crippen MR) is 52.0 cm³/mol. The van der Waals surface area contributed by atoms with Gasteiger partial charge in [-0.15, -0.1) is 0 Å². The van der Waals surface area contributed by atoms with Crippen LogP contribution in [0.1, 0.15) is 5.56 Å². The molecule has 0 N–H and O–H groups in total. The van der Waals surface area contributed by atoms with Crippen molar-refractivity contribution in [1.29, 1.82) is 0 Å². The van der Waals surface area contributed by atoms with E-state index in [0.717, 1.165) is 5.56 Å². The van der Waals surface area contributed by atoms with Crippen molar-refractivity contribution in [2.75, 3.05) is 6.61 Å². The molecule has 1 heterocycles. The van der Waals surface area contributed by atoms with Crippen molar-refractivity contribution in [3.8, 4) is 5.75 Å². The van der Waals surface area contributed by atoms with Crippen molar-refractivity contribution in [3.63, 3.8) is 0 Å². The molecule has 0 saturated heterocycles. The van der Waals surface area contributed by atoms with Gasteiger partial charge >= 0.3 is 0 Å². The fraction of sp³-hybridized carbons (Fsp3) is 0.250. The van der Waals surface area contributed by atoms with Gasteiger partial charge in [0, 0.05) is 15.9 Å². The topological polar surface area (TPSA) is 92.1 Å². The number of benzene rings is 1. The predicted octanol–water partition coefficient (Wildman–Crippen LogP) is 1.62. The van der Waals surface area contributed by atoms with Crippen molar-refractivity contribution in [1.82, 2.24) is 0 Å². The van der Waals surface area contributed by atoms with Crippen molar-refractivity contribution < 1.29 is 13.2 Å². The van der Waals surface area contributed by atoms with Crippen LogP contribution in [0.3, 0.4) is 0 Å². The SMILES string of the molecule is [N-]=[N+]=NS(=O)(=O)c1ccc2c(c1)CCO2. The molecule has 1 aromatic rings. The Morgan fingerprint density at radius 3 is 3.00 bits per heavy atom. The Labute approximate surface area is 86.2 Å². The third kappa shape index (κ3) is 1.74. The van der Waals surface area contributed by atoms with Gasteiger partial charge in [-0.25, -0.2) is 8.42 Å². The van der Waals surface area contributed by atoms with E-state index >= 15 is 0 Å². The molecule has 2 rings (SSSR count). The Bertz CT molecular complexity index is 546. The van der Waals surface area contributed by atoms with Gasteiger partial charge in [0.2, 0.25) is 0 Å². The second kappa shape index (κ2) is 3.45.